The summed E-state index contributed by atoms with van der Waals surface area (Å²) in [6.07, 6.45) is 0.152. The van der Waals surface area contributed by atoms with Gasteiger partial charge in [-0.2, -0.15) is 0 Å². The van der Waals surface area contributed by atoms with Crippen LogP contribution < -0.4 is 5.32 Å². The van der Waals surface area contributed by atoms with Crippen molar-refractivity contribution in [1.29, 1.82) is 0 Å². The van der Waals surface area contributed by atoms with E-state index in [0.717, 1.165) is 6.42 Å². The molecule has 0 amide bonds. The SMILES string of the molecule is CNC(C(C)C)C1(C)CC1F. The van der Waals surface area contributed by atoms with Crippen LogP contribution in [0.4, 0.5) is 4.39 Å². The Morgan fingerprint density at radius 1 is 1.55 bits per heavy atom. The fourth-order valence-electron chi connectivity index (χ4n) is 2.07. The summed E-state index contributed by atoms with van der Waals surface area (Å²) in [4.78, 5) is 0. The molecule has 2 heteroatoms. The molecule has 11 heavy (non-hydrogen) atoms. The Kier molecular flexibility index (Phi) is 2.24. The lowest BCUT2D eigenvalue weighted by atomic mass is 9.89. The van der Waals surface area contributed by atoms with Crippen molar-refractivity contribution < 1.29 is 4.39 Å². The molecule has 1 saturated carbocycles. The van der Waals surface area contributed by atoms with Gasteiger partial charge in [0.15, 0.2) is 0 Å². The molecule has 3 unspecified atom stereocenters. The molecule has 1 rings (SSSR count). The van der Waals surface area contributed by atoms with Crippen molar-refractivity contribution in [3.05, 3.63) is 0 Å². The van der Waals surface area contributed by atoms with Crippen molar-refractivity contribution in [3.63, 3.8) is 0 Å². The van der Waals surface area contributed by atoms with Crippen LogP contribution in [0.3, 0.4) is 0 Å². The zero-order valence-corrected chi connectivity index (χ0v) is 7.82. The molecule has 1 aliphatic rings. The molecule has 0 bridgehead atoms. The van der Waals surface area contributed by atoms with Crippen LogP contribution in [0.15, 0.2) is 0 Å². The van der Waals surface area contributed by atoms with Crippen LogP contribution in [0.25, 0.3) is 0 Å². The van der Waals surface area contributed by atoms with Gasteiger partial charge < -0.3 is 5.32 Å². The number of nitrogens with one attached hydrogen (secondary N) is 1. The van der Waals surface area contributed by atoms with E-state index in [4.69, 9.17) is 0 Å². The van der Waals surface area contributed by atoms with E-state index in [9.17, 15) is 4.39 Å². The maximum absolute atomic E-state index is 12.9. The molecule has 1 aliphatic carbocycles. The first kappa shape index (κ1) is 8.98. The van der Waals surface area contributed by atoms with E-state index in [2.05, 4.69) is 19.2 Å². The zero-order chi connectivity index (χ0) is 8.65. The molecule has 0 saturated heterocycles. The van der Waals surface area contributed by atoms with Crippen LogP contribution in [0, 0.1) is 11.3 Å². The highest BCUT2D eigenvalue weighted by Gasteiger charge is 2.56. The molecule has 0 aromatic rings. The minimum atomic E-state index is -0.581. The van der Waals surface area contributed by atoms with Gasteiger partial charge in [0.05, 0.1) is 0 Å². The Morgan fingerprint density at radius 2 is 2.00 bits per heavy atom. The number of alkyl halides is 1. The lowest BCUT2D eigenvalue weighted by molar-refractivity contribution is 0.249. The standard InChI is InChI=1S/C9H18FN/c1-6(2)8(11-4)9(3)5-7(9)10/h6-8,11H,5H2,1-4H3. The lowest BCUT2D eigenvalue weighted by Gasteiger charge is -2.26. The van der Waals surface area contributed by atoms with Crippen LogP contribution in [0.2, 0.25) is 0 Å². The summed E-state index contributed by atoms with van der Waals surface area (Å²) in [7, 11) is 1.92. The van der Waals surface area contributed by atoms with Gasteiger partial charge in [0.1, 0.15) is 6.17 Å². The van der Waals surface area contributed by atoms with Crippen LogP contribution in [-0.4, -0.2) is 19.3 Å². The molecule has 1 N–H and O–H groups in total. The highest BCUT2D eigenvalue weighted by molar-refractivity contribution is 5.07. The summed E-state index contributed by atoms with van der Waals surface area (Å²) >= 11 is 0. The number of halogens is 1. The van der Waals surface area contributed by atoms with Gasteiger partial charge in [-0.15, -0.1) is 0 Å². The molecule has 0 aliphatic heterocycles. The maximum atomic E-state index is 12.9. The smallest absolute Gasteiger partial charge is 0.108 e. The Labute approximate surface area is 68.4 Å². The van der Waals surface area contributed by atoms with Gasteiger partial charge in [-0.05, 0) is 19.4 Å². The summed E-state index contributed by atoms with van der Waals surface area (Å²) in [5, 5.41) is 3.19. The topological polar surface area (TPSA) is 12.0 Å². The monoisotopic (exact) mass is 159 g/mol. The van der Waals surface area contributed by atoms with Gasteiger partial charge in [0, 0.05) is 11.5 Å². The summed E-state index contributed by atoms with van der Waals surface area (Å²) in [5.41, 5.74) is -0.0804. The van der Waals surface area contributed by atoms with Crippen LogP contribution >= 0.6 is 0 Å². The van der Waals surface area contributed by atoms with Crippen molar-refractivity contribution in [3.8, 4) is 0 Å². The zero-order valence-electron chi connectivity index (χ0n) is 7.82. The second-order valence-corrected chi connectivity index (χ2v) is 4.19. The van der Waals surface area contributed by atoms with Crippen LogP contribution in [-0.2, 0) is 0 Å². The first-order chi connectivity index (χ1) is 5.02. The second-order valence-electron chi connectivity index (χ2n) is 4.19. The van der Waals surface area contributed by atoms with Crippen molar-refractivity contribution in [2.45, 2.75) is 39.4 Å². The van der Waals surface area contributed by atoms with Crippen molar-refractivity contribution in [2.75, 3.05) is 7.05 Å². The van der Waals surface area contributed by atoms with Gasteiger partial charge >= 0.3 is 0 Å². The fraction of sp³-hybridized carbons (Fsp3) is 1.00. The molecule has 0 aromatic carbocycles. The lowest BCUT2D eigenvalue weighted by Crippen LogP contribution is -2.39. The normalized spacial score (nSPS) is 39.3. The number of rotatable bonds is 3. The van der Waals surface area contributed by atoms with Gasteiger partial charge in [-0.3, -0.25) is 0 Å². The van der Waals surface area contributed by atoms with Gasteiger partial charge in [0.25, 0.3) is 0 Å². The van der Waals surface area contributed by atoms with Crippen molar-refractivity contribution in [1.82, 2.24) is 5.32 Å². The van der Waals surface area contributed by atoms with Gasteiger partial charge in [-0.25, -0.2) is 4.39 Å². The Balaban J connectivity index is 2.56. The second kappa shape index (κ2) is 2.74. The molecule has 1 nitrogen and oxygen atoms in total. The molecule has 0 spiro atoms. The largest absolute Gasteiger partial charge is 0.316 e. The third-order valence-electron chi connectivity index (χ3n) is 2.86. The third-order valence-corrected chi connectivity index (χ3v) is 2.86. The first-order valence-electron chi connectivity index (χ1n) is 4.33. The fourth-order valence-corrected chi connectivity index (χ4v) is 2.07. The molecule has 0 radical (unpaired) electrons. The van der Waals surface area contributed by atoms with Gasteiger partial charge in [0.2, 0.25) is 0 Å². The Bertz CT molecular complexity index is 146. The predicted octanol–water partition coefficient (Wildman–Crippen LogP) is 1.98. The third kappa shape index (κ3) is 1.41. The Hall–Kier alpha value is -0.110. The first-order valence-corrected chi connectivity index (χ1v) is 4.33. The minimum absolute atomic E-state index is 0.0804. The Morgan fingerprint density at radius 3 is 2.09 bits per heavy atom. The van der Waals surface area contributed by atoms with Crippen LogP contribution in [0.1, 0.15) is 27.2 Å². The van der Waals surface area contributed by atoms with E-state index in [1.807, 2.05) is 14.0 Å². The summed E-state index contributed by atoms with van der Waals surface area (Å²) in [6.45, 7) is 6.30. The summed E-state index contributed by atoms with van der Waals surface area (Å²) < 4.78 is 12.9. The minimum Gasteiger partial charge on any atom is -0.316 e. The molecule has 3 atom stereocenters. The average Bonchev–Trinajstić information content (AvgIpc) is 2.41. The molecule has 0 heterocycles. The van der Waals surface area contributed by atoms with E-state index in [1.165, 1.54) is 0 Å². The molecular formula is C9H18FN. The average molecular weight is 159 g/mol. The maximum Gasteiger partial charge on any atom is 0.108 e. The highest BCUT2D eigenvalue weighted by Crippen LogP contribution is 2.52. The van der Waals surface area contributed by atoms with E-state index in [-0.39, 0.29) is 5.41 Å². The van der Waals surface area contributed by atoms with E-state index < -0.39 is 6.17 Å². The van der Waals surface area contributed by atoms with E-state index in [1.54, 1.807) is 0 Å². The molecular weight excluding hydrogens is 141 g/mol. The molecule has 66 valence electrons. The highest BCUT2D eigenvalue weighted by atomic mass is 19.1. The van der Waals surface area contributed by atoms with E-state index >= 15 is 0 Å². The molecule has 0 aromatic heterocycles. The van der Waals surface area contributed by atoms with Crippen LogP contribution in [0.5, 0.6) is 0 Å². The number of hydrogen-bond donors (Lipinski definition) is 1. The van der Waals surface area contributed by atoms with E-state index in [0.29, 0.717) is 12.0 Å². The predicted molar refractivity (Wildman–Crippen MR) is 45.3 cm³/mol. The summed E-state index contributed by atoms with van der Waals surface area (Å²) in [6, 6.07) is 0.331. The number of hydrogen-bond acceptors (Lipinski definition) is 1. The van der Waals surface area contributed by atoms with Gasteiger partial charge in [-0.1, -0.05) is 20.8 Å². The summed E-state index contributed by atoms with van der Waals surface area (Å²) in [5.74, 6) is 0.519. The van der Waals surface area contributed by atoms with Crippen molar-refractivity contribution >= 4 is 0 Å². The quantitative estimate of drug-likeness (QED) is 0.664. The van der Waals surface area contributed by atoms with Crippen molar-refractivity contribution in [2.24, 2.45) is 11.3 Å². The molecule has 1 fully saturated rings.